The fourth-order valence-electron chi connectivity index (χ4n) is 8.84. The SMILES string of the molecule is N#Cc1ccc(-n2c3ccccc3c3cccc(-n4c5ccccc5c5ccccc54)c32)cc1-c1cccc(-n2c3ccccc3c3c(C#N)cccc32)c1. The number of para-hydroxylation sites is 5. The standard InChI is InChI=1S/C50H29N5/c51-30-33-26-27-36(29-42(33)32-12-9-14-35(28-32)53-46-23-8-4-18-41(46)49-34(31-52)13-10-24-47(49)53)54-43-20-5-3-17-39(43)40-19-11-25-48(50(40)54)55-44-21-6-1-15-37(44)38-16-2-7-22-45(38)55/h1-29H. The van der Waals surface area contributed by atoms with E-state index in [1.807, 2.05) is 36.4 Å². The molecule has 254 valence electrons. The highest BCUT2D eigenvalue weighted by Gasteiger charge is 2.21. The zero-order chi connectivity index (χ0) is 36.6. The van der Waals surface area contributed by atoms with Crippen LogP contribution in [0.5, 0.6) is 0 Å². The maximum absolute atomic E-state index is 10.5. The smallest absolute Gasteiger partial charge is 0.0998 e. The first-order valence-corrected chi connectivity index (χ1v) is 18.3. The van der Waals surface area contributed by atoms with Gasteiger partial charge in [0.15, 0.2) is 0 Å². The normalized spacial score (nSPS) is 11.6. The summed E-state index contributed by atoms with van der Waals surface area (Å²) in [5, 5.41) is 27.3. The third-order valence-electron chi connectivity index (χ3n) is 11.1. The molecule has 0 saturated carbocycles. The minimum atomic E-state index is 0.596. The summed E-state index contributed by atoms with van der Waals surface area (Å²) < 4.78 is 6.96. The van der Waals surface area contributed by atoms with Crippen molar-refractivity contribution in [3.8, 4) is 40.3 Å². The molecule has 0 aliphatic heterocycles. The van der Waals surface area contributed by atoms with Gasteiger partial charge in [-0.2, -0.15) is 10.5 Å². The lowest BCUT2D eigenvalue weighted by Gasteiger charge is -2.16. The van der Waals surface area contributed by atoms with E-state index in [0.717, 1.165) is 82.8 Å². The van der Waals surface area contributed by atoms with Crippen LogP contribution in [0, 0.1) is 22.7 Å². The van der Waals surface area contributed by atoms with Gasteiger partial charge in [-0.1, -0.05) is 103 Å². The molecule has 0 N–H and O–H groups in total. The van der Waals surface area contributed by atoms with Crippen molar-refractivity contribution in [1.29, 1.82) is 10.5 Å². The Morgan fingerprint density at radius 3 is 1.58 bits per heavy atom. The molecule has 55 heavy (non-hydrogen) atoms. The average Bonchev–Trinajstić information content (AvgIpc) is 3.89. The Kier molecular flexibility index (Phi) is 6.61. The Morgan fingerprint density at radius 1 is 0.364 bits per heavy atom. The highest BCUT2D eigenvalue weighted by Crippen LogP contribution is 2.41. The summed E-state index contributed by atoms with van der Waals surface area (Å²) in [6.45, 7) is 0. The molecule has 0 spiro atoms. The molecule has 0 unspecified atom stereocenters. The lowest BCUT2D eigenvalue weighted by molar-refractivity contribution is 1.13. The monoisotopic (exact) mass is 699 g/mol. The Morgan fingerprint density at radius 2 is 0.891 bits per heavy atom. The molecule has 3 aromatic heterocycles. The van der Waals surface area contributed by atoms with Gasteiger partial charge in [0, 0.05) is 49.3 Å². The van der Waals surface area contributed by atoms with Crippen LogP contribution in [0.2, 0.25) is 0 Å². The molecular weight excluding hydrogens is 671 g/mol. The third-order valence-corrected chi connectivity index (χ3v) is 11.1. The fourth-order valence-corrected chi connectivity index (χ4v) is 8.84. The summed E-state index contributed by atoms with van der Waals surface area (Å²) in [4.78, 5) is 0. The lowest BCUT2D eigenvalue weighted by Crippen LogP contribution is -2.01. The molecule has 5 nitrogen and oxygen atoms in total. The molecule has 0 aliphatic rings. The van der Waals surface area contributed by atoms with Crippen LogP contribution in [0.4, 0.5) is 0 Å². The van der Waals surface area contributed by atoms with Crippen LogP contribution < -0.4 is 0 Å². The summed E-state index contributed by atoms with van der Waals surface area (Å²) in [5.74, 6) is 0. The largest absolute Gasteiger partial charge is 0.309 e. The first kappa shape index (κ1) is 30.7. The van der Waals surface area contributed by atoms with E-state index in [1.165, 1.54) is 10.8 Å². The molecule has 3 heterocycles. The zero-order valence-corrected chi connectivity index (χ0v) is 29.5. The van der Waals surface area contributed by atoms with Crippen molar-refractivity contribution < 1.29 is 0 Å². The highest BCUT2D eigenvalue weighted by molar-refractivity contribution is 6.15. The summed E-state index contributed by atoms with van der Waals surface area (Å²) in [6, 6.07) is 65.9. The van der Waals surface area contributed by atoms with Crippen LogP contribution in [0.25, 0.3) is 93.6 Å². The van der Waals surface area contributed by atoms with Crippen LogP contribution >= 0.6 is 0 Å². The topological polar surface area (TPSA) is 62.4 Å². The summed E-state index contributed by atoms with van der Waals surface area (Å²) in [7, 11) is 0. The van der Waals surface area contributed by atoms with E-state index in [-0.39, 0.29) is 0 Å². The summed E-state index contributed by atoms with van der Waals surface area (Å²) in [5.41, 5.74) is 12.5. The van der Waals surface area contributed by atoms with Crippen molar-refractivity contribution in [1.82, 2.24) is 13.7 Å². The van der Waals surface area contributed by atoms with Gasteiger partial charge in [-0.3, -0.25) is 0 Å². The van der Waals surface area contributed by atoms with E-state index in [1.54, 1.807) is 0 Å². The van der Waals surface area contributed by atoms with Gasteiger partial charge < -0.3 is 13.7 Å². The third kappa shape index (κ3) is 4.39. The second-order valence-corrected chi connectivity index (χ2v) is 14.0. The van der Waals surface area contributed by atoms with Gasteiger partial charge in [-0.15, -0.1) is 0 Å². The van der Waals surface area contributed by atoms with Crippen LogP contribution in [-0.2, 0) is 0 Å². The molecule has 5 heteroatoms. The van der Waals surface area contributed by atoms with Crippen molar-refractivity contribution >= 4 is 65.4 Å². The molecule has 11 aromatic rings. The van der Waals surface area contributed by atoms with E-state index >= 15 is 0 Å². The average molecular weight is 700 g/mol. The van der Waals surface area contributed by atoms with E-state index in [0.29, 0.717) is 11.1 Å². The predicted octanol–water partition coefficient (Wildman–Crippen LogP) is 12.4. The number of benzene rings is 8. The molecule has 0 fully saturated rings. The molecule has 0 atom stereocenters. The van der Waals surface area contributed by atoms with Crippen molar-refractivity contribution in [2.45, 2.75) is 0 Å². The number of fused-ring (bicyclic) bond motifs is 9. The Balaban J connectivity index is 1.17. The molecule has 0 saturated heterocycles. The zero-order valence-electron chi connectivity index (χ0n) is 29.5. The number of hydrogen-bond donors (Lipinski definition) is 0. The predicted molar refractivity (Wildman–Crippen MR) is 224 cm³/mol. The maximum atomic E-state index is 10.5. The van der Waals surface area contributed by atoms with Gasteiger partial charge in [0.05, 0.1) is 62.1 Å². The van der Waals surface area contributed by atoms with Gasteiger partial charge in [-0.25, -0.2) is 0 Å². The van der Waals surface area contributed by atoms with Crippen LogP contribution in [0.1, 0.15) is 11.1 Å². The van der Waals surface area contributed by atoms with Gasteiger partial charge >= 0.3 is 0 Å². The quantitative estimate of drug-likeness (QED) is 0.184. The second-order valence-electron chi connectivity index (χ2n) is 14.0. The number of nitriles is 2. The Bertz CT molecular complexity index is 3420. The maximum Gasteiger partial charge on any atom is 0.0998 e. The fraction of sp³-hybridized carbons (Fsp3) is 0. The van der Waals surface area contributed by atoms with E-state index < -0.39 is 0 Å². The van der Waals surface area contributed by atoms with Crippen molar-refractivity contribution in [2.75, 3.05) is 0 Å². The number of hydrogen-bond acceptors (Lipinski definition) is 2. The Labute approximate surface area is 316 Å². The first-order valence-electron chi connectivity index (χ1n) is 18.3. The van der Waals surface area contributed by atoms with E-state index in [2.05, 4.69) is 165 Å². The molecule has 0 bridgehead atoms. The Hall–Kier alpha value is -7.86. The minimum absolute atomic E-state index is 0.596. The molecule has 0 amide bonds. The van der Waals surface area contributed by atoms with E-state index in [4.69, 9.17) is 0 Å². The van der Waals surface area contributed by atoms with Crippen molar-refractivity contribution in [3.05, 3.63) is 187 Å². The van der Waals surface area contributed by atoms with Gasteiger partial charge in [0.25, 0.3) is 0 Å². The minimum Gasteiger partial charge on any atom is -0.309 e. The second kappa shape index (κ2) is 11.8. The summed E-state index contributed by atoms with van der Waals surface area (Å²) >= 11 is 0. The van der Waals surface area contributed by atoms with Gasteiger partial charge in [0.2, 0.25) is 0 Å². The van der Waals surface area contributed by atoms with Crippen LogP contribution in [0.15, 0.2) is 176 Å². The molecular formula is C50H29N5. The molecule has 11 rings (SSSR count). The highest BCUT2D eigenvalue weighted by atomic mass is 15.1. The van der Waals surface area contributed by atoms with Crippen LogP contribution in [0.3, 0.4) is 0 Å². The van der Waals surface area contributed by atoms with Crippen LogP contribution in [-0.4, -0.2) is 13.7 Å². The van der Waals surface area contributed by atoms with E-state index in [9.17, 15) is 10.5 Å². The van der Waals surface area contributed by atoms with Crippen molar-refractivity contribution in [3.63, 3.8) is 0 Å². The lowest BCUT2D eigenvalue weighted by atomic mass is 9.98. The molecule has 8 aromatic carbocycles. The van der Waals surface area contributed by atoms with Gasteiger partial charge in [-0.05, 0) is 78.4 Å². The molecule has 0 aliphatic carbocycles. The number of nitrogens with zero attached hydrogens (tertiary/aromatic N) is 5. The summed E-state index contributed by atoms with van der Waals surface area (Å²) in [6.07, 6.45) is 0. The molecule has 0 radical (unpaired) electrons. The first-order chi connectivity index (χ1) is 27.2. The number of aromatic nitrogens is 3. The number of rotatable bonds is 4. The van der Waals surface area contributed by atoms with Crippen molar-refractivity contribution in [2.24, 2.45) is 0 Å². The van der Waals surface area contributed by atoms with Gasteiger partial charge in [0.1, 0.15) is 0 Å².